The van der Waals surface area contributed by atoms with Crippen LogP contribution in [0.5, 0.6) is 0 Å². The van der Waals surface area contributed by atoms with E-state index in [2.05, 4.69) is 0 Å². The van der Waals surface area contributed by atoms with E-state index in [0.717, 1.165) is 0 Å². The van der Waals surface area contributed by atoms with Crippen LogP contribution in [0.25, 0.3) is 0 Å². The highest BCUT2D eigenvalue weighted by Crippen LogP contribution is 2.31. The Balaban J connectivity index is 3.26. The second-order valence-electron chi connectivity index (χ2n) is 3.40. The molecule has 1 rings (SSSR count). The van der Waals surface area contributed by atoms with Crippen molar-refractivity contribution in [3.63, 3.8) is 0 Å². The minimum absolute atomic E-state index is 0.583. The highest BCUT2D eigenvalue weighted by molar-refractivity contribution is 5.74. The lowest BCUT2D eigenvalue weighted by Gasteiger charge is -2.35. The molecule has 0 aliphatic carbocycles. The Hall–Kier alpha value is -1.43. The highest BCUT2D eigenvalue weighted by Gasteiger charge is 2.46. The van der Waals surface area contributed by atoms with E-state index >= 15 is 0 Å². The molecule has 5 nitrogen and oxygen atoms in total. The van der Waals surface area contributed by atoms with Gasteiger partial charge in [0.2, 0.25) is 11.9 Å². The summed E-state index contributed by atoms with van der Waals surface area (Å²) in [6, 6.07) is 8.82. The molecule has 0 aliphatic heterocycles. The van der Waals surface area contributed by atoms with Crippen LogP contribution in [0.15, 0.2) is 30.3 Å². The summed E-state index contributed by atoms with van der Waals surface area (Å²) in [5.74, 6) is -2.61. The first kappa shape index (κ1) is 13.6. The maximum Gasteiger partial charge on any atom is 0.338 e. The maximum absolute atomic E-state index is 11.2. The van der Waals surface area contributed by atoms with Gasteiger partial charge in [-0.3, -0.25) is 0 Å². The standard InChI is InChI=1S/C12H16O5/c1-15-10(11(13)14)12(16-2,17-3)9-7-5-4-6-8-9/h4-8,10H,1-3H3,(H,13,14). The first-order chi connectivity index (χ1) is 8.12. The van der Waals surface area contributed by atoms with Gasteiger partial charge in [0.15, 0.2) is 0 Å². The molecule has 1 atom stereocenters. The Morgan fingerprint density at radius 1 is 1.18 bits per heavy atom. The Morgan fingerprint density at radius 2 is 1.71 bits per heavy atom. The Morgan fingerprint density at radius 3 is 2.06 bits per heavy atom. The smallest absolute Gasteiger partial charge is 0.338 e. The van der Waals surface area contributed by atoms with Gasteiger partial charge in [0.25, 0.3) is 0 Å². The van der Waals surface area contributed by atoms with Gasteiger partial charge in [-0.25, -0.2) is 4.79 Å². The van der Waals surface area contributed by atoms with Crippen molar-refractivity contribution in [3.05, 3.63) is 35.9 Å². The summed E-state index contributed by atoms with van der Waals surface area (Å²) in [4.78, 5) is 11.2. The number of rotatable bonds is 6. The van der Waals surface area contributed by atoms with Gasteiger partial charge in [-0.1, -0.05) is 30.3 Å². The molecule has 0 saturated carbocycles. The van der Waals surface area contributed by atoms with Gasteiger partial charge < -0.3 is 19.3 Å². The molecule has 0 bridgehead atoms. The van der Waals surface area contributed by atoms with Gasteiger partial charge in [0, 0.05) is 26.9 Å². The summed E-state index contributed by atoms with van der Waals surface area (Å²) >= 11 is 0. The predicted octanol–water partition coefficient (Wildman–Crippen LogP) is 1.23. The first-order valence-corrected chi connectivity index (χ1v) is 5.03. The number of hydrogen-bond donors (Lipinski definition) is 1. The topological polar surface area (TPSA) is 65.0 Å². The third kappa shape index (κ3) is 2.46. The predicted molar refractivity (Wildman–Crippen MR) is 60.6 cm³/mol. The van der Waals surface area contributed by atoms with E-state index < -0.39 is 17.9 Å². The normalized spacial score (nSPS) is 13.4. The second-order valence-corrected chi connectivity index (χ2v) is 3.40. The van der Waals surface area contributed by atoms with Gasteiger partial charge in [-0.05, 0) is 0 Å². The molecule has 0 heterocycles. The van der Waals surface area contributed by atoms with Crippen LogP contribution in [0.3, 0.4) is 0 Å². The van der Waals surface area contributed by atoms with Crippen molar-refractivity contribution in [2.45, 2.75) is 11.9 Å². The number of carbonyl (C=O) groups is 1. The zero-order valence-electron chi connectivity index (χ0n) is 10.0. The summed E-state index contributed by atoms with van der Waals surface area (Å²) in [6.45, 7) is 0. The van der Waals surface area contributed by atoms with E-state index in [1.54, 1.807) is 24.3 Å². The van der Waals surface area contributed by atoms with Gasteiger partial charge in [-0.2, -0.15) is 0 Å². The average molecular weight is 240 g/mol. The molecule has 0 aromatic heterocycles. The number of carboxylic acid groups (broad SMARTS) is 1. The van der Waals surface area contributed by atoms with Gasteiger partial charge in [0.05, 0.1) is 0 Å². The Labute approximate surface area is 99.9 Å². The molecule has 1 unspecified atom stereocenters. The minimum Gasteiger partial charge on any atom is -0.479 e. The summed E-state index contributed by atoms with van der Waals surface area (Å²) in [5.41, 5.74) is 0.583. The maximum atomic E-state index is 11.2. The van der Waals surface area contributed by atoms with Crippen molar-refractivity contribution in [3.8, 4) is 0 Å². The third-order valence-corrected chi connectivity index (χ3v) is 2.59. The lowest BCUT2D eigenvalue weighted by atomic mass is 9.99. The van der Waals surface area contributed by atoms with Crippen molar-refractivity contribution >= 4 is 5.97 Å². The molecule has 94 valence electrons. The largest absolute Gasteiger partial charge is 0.479 e. The Bertz CT molecular complexity index is 358. The Kier molecular flexibility index (Phi) is 4.62. The number of benzene rings is 1. The lowest BCUT2D eigenvalue weighted by molar-refractivity contribution is -0.272. The molecule has 5 heteroatoms. The summed E-state index contributed by atoms with van der Waals surface area (Å²) in [5, 5.41) is 9.15. The van der Waals surface area contributed by atoms with Crippen molar-refractivity contribution in [1.82, 2.24) is 0 Å². The quantitative estimate of drug-likeness (QED) is 0.758. The zero-order valence-corrected chi connectivity index (χ0v) is 10.0. The molecule has 0 amide bonds. The summed E-state index contributed by atoms with van der Waals surface area (Å²) in [7, 11) is 4.06. The van der Waals surface area contributed by atoms with E-state index in [9.17, 15) is 4.79 Å². The number of methoxy groups -OCH3 is 3. The van der Waals surface area contributed by atoms with Crippen LogP contribution >= 0.6 is 0 Å². The fourth-order valence-electron chi connectivity index (χ4n) is 1.77. The van der Waals surface area contributed by atoms with Gasteiger partial charge in [-0.15, -0.1) is 0 Å². The van der Waals surface area contributed by atoms with Crippen LogP contribution < -0.4 is 0 Å². The fraction of sp³-hybridized carbons (Fsp3) is 0.417. The van der Waals surface area contributed by atoms with E-state index in [-0.39, 0.29) is 0 Å². The highest BCUT2D eigenvalue weighted by atomic mass is 16.7. The van der Waals surface area contributed by atoms with Crippen molar-refractivity contribution in [2.75, 3.05) is 21.3 Å². The van der Waals surface area contributed by atoms with E-state index in [0.29, 0.717) is 5.56 Å². The van der Waals surface area contributed by atoms with E-state index in [1.807, 2.05) is 6.07 Å². The first-order valence-electron chi connectivity index (χ1n) is 5.03. The average Bonchev–Trinajstić information content (AvgIpc) is 2.36. The molecule has 0 fully saturated rings. The molecule has 17 heavy (non-hydrogen) atoms. The summed E-state index contributed by atoms with van der Waals surface area (Å²) in [6.07, 6.45) is -1.25. The molecular formula is C12H16O5. The molecule has 1 N–H and O–H groups in total. The molecular weight excluding hydrogens is 224 g/mol. The lowest BCUT2D eigenvalue weighted by Crippen LogP contribution is -2.48. The van der Waals surface area contributed by atoms with Gasteiger partial charge in [0.1, 0.15) is 0 Å². The number of hydrogen-bond acceptors (Lipinski definition) is 4. The monoisotopic (exact) mass is 240 g/mol. The van der Waals surface area contributed by atoms with E-state index in [1.165, 1.54) is 21.3 Å². The fourth-order valence-corrected chi connectivity index (χ4v) is 1.77. The SMILES string of the molecule is COC(C(=O)O)C(OC)(OC)c1ccccc1. The number of carboxylic acids is 1. The second kappa shape index (κ2) is 5.77. The van der Waals surface area contributed by atoms with Crippen LogP contribution in [0.2, 0.25) is 0 Å². The van der Waals surface area contributed by atoms with Crippen LogP contribution in [0, 0.1) is 0 Å². The van der Waals surface area contributed by atoms with Crippen molar-refractivity contribution in [1.29, 1.82) is 0 Å². The molecule has 0 saturated heterocycles. The van der Waals surface area contributed by atoms with Crippen LogP contribution in [-0.2, 0) is 24.8 Å². The zero-order chi connectivity index (χ0) is 12.9. The number of ether oxygens (including phenoxy) is 3. The van der Waals surface area contributed by atoms with Crippen LogP contribution in [0.4, 0.5) is 0 Å². The molecule has 1 aromatic rings. The molecule has 0 spiro atoms. The summed E-state index contributed by atoms with van der Waals surface area (Å²) < 4.78 is 15.5. The van der Waals surface area contributed by atoms with Crippen molar-refractivity contribution in [2.24, 2.45) is 0 Å². The van der Waals surface area contributed by atoms with Gasteiger partial charge >= 0.3 is 5.97 Å². The van der Waals surface area contributed by atoms with Crippen molar-refractivity contribution < 1.29 is 24.1 Å². The molecule has 0 radical (unpaired) electrons. The minimum atomic E-state index is -1.46. The number of aliphatic carboxylic acids is 1. The van der Waals surface area contributed by atoms with Crippen LogP contribution in [0.1, 0.15) is 5.56 Å². The molecule has 0 aliphatic rings. The molecule has 1 aromatic carbocycles. The van der Waals surface area contributed by atoms with Crippen LogP contribution in [-0.4, -0.2) is 38.5 Å². The van der Waals surface area contributed by atoms with E-state index in [4.69, 9.17) is 19.3 Å². The third-order valence-electron chi connectivity index (χ3n) is 2.59.